The van der Waals surface area contributed by atoms with Crippen LogP contribution >= 0.6 is 0 Å². The average molecular weight is 397 g/mol. The molecule has 0 radical (unpaired) electrons. The van der Waals surface area contributed by atoms with Crippen LogP contribution < -0.4 is 0 Å². The number of aliphatic hydroxyl groups is 1. The second-order valence-electron chi connectivity index (χ2n) is 8.41. The third-order valence-electron chi connectivity index (χ3n) is 6.33. The quantitative estimate of drug-likeness (QED) is 0.785. The highest BCUT2D eigenvalue weighted by Crippen LogP contribution is 2.41. The van der Waals surface area contributed by atoms with E-state index in [4.69, 9.17) is 4.74 Å². The second kappa shape index (κ2) is 8.54. The van der Waals surface area contributed by atoms with Crippen molar-refractivity contribution in [3.05, 3.63) is 71.5 Å². The van der Waals surface area contributed by atoms with Crippen molar-refractivity contribution >= 4 is 6.09 Å². The van der Waals surface area contributed by atoms with E-state index in [2.05, 4.69) is 0 Å². The first-order valence-electron chi connectivity index (χ1n) is 10.5. The van der Waals surface area contributed by atoms with Gasteiger partial charge in [0.05, 0.1) is 5.60 Å². The Balaban J connectivity index is 1.39. The maximum atomic E-state index is 13.9. The molecule has 1 N–H and O–H groups in total. The Morgan fingerprint density at radius 2 is 1.72 bits per heavy atom. The summed E-state index contributed by atoms with van der Waals surface area (Å²) in [7, 11) is 0. The molecule has 4 rings (SSSR count). The lowest BCUT2D eigenvalue weighted by atomic mass is 9.73. The Bertz CT molecular complexity index is 827. The number of hydrogen-bond acceptors (Lipinski definition) is 3. The van der Waals surface area contributed by atoms with Crippen molar-refractivity contribution in [2.75, 3.05) is 0 Å². The molecule has 5 heteroatoms. The van der Waals surface area contributed by atoms with Crippen molar-refractivity contribution in [3.63, 3.8) is 0 Å². The predicted molar refractivity (Wildman–Crippen MR) is 109 cm³/mol. The van der Waals surface area contributed by atoms with Crippen molar-refractivity contribution < 1.29 is 19.0 Å². The molecule has 1 amide bonds. The number of benzene rings is 2. The standard InChI is InChI=1S/C24H28FNO3/c25-22-12-5-4-9-19(22)13-14-24(28)15-20-10-6-11-21(16-24)26(20)23(27)29-17-18-7-2-1-3-8-18/h1-5,7-9,12,20-21,28H,6,10-11,13-17H2. The molecule has 0 saturated carbocycles. The van der Waals surface area contributed by atoms with E-state index in [0.717, 1.165) is 24.8 Å². The molecule has 2 unspecified atom stereocenters. The molecule has 0 aromatic heterocycles. The molecule has 2 fully saturated rings. The summed E-state index contributed by atoms with van der Waals surface area (Å²) >= 11 is 0. The van der Waals surface area contributed by atoms with Crippen molar-refractivity contribution in [2.45, 2.75) is 69.2 Å². The molecule has 2 saturated heterocycles. The van der Waals surface area contributed by atoms with Gasteiger partial charge in [-0.25, -0.2) is 9.18 Å². The number of aryl methyl sites for hydroxylation is 1. The Kier molecular flexibility index (Phi) is 5.86. The summed E-state index contributed by atoms with van der Waals surface area (Å²) in [5.74, 6) is -0.224. The summed E-state index contributed by atoms with van der Waals surface area (Å²) < 4.78 is 19.5. The largest absolute Gasteiger partial charge is 0.445 e. The predicted octanol–water partition coefficient (Wildman–Crippen LogP) is 4.84. The normalized spacial score (nSPS) is 26.2. The maximum absolute atomic E-state index is 13.9. The van der Waals surface area contributed by atoms with Crippen LogP contribution in [0.1, 0.15) is 49.7 Å². The number of fused-ring (bicyclic) bond motifs is 2. The Morgan fingerprint density at radius 3 is 2.41 bits per heavy atom. The number of nitrogens with zero attached hydrogens (tertiary/aromatic N) is 1. The van der Waals surface area contributed by atoms with Gasteiger partial charge in [0.1, 0.15) is 12.4 Å². The van der Waals surface area contributed by atoms with Gasteiger partial charge < -0.3 is 14.7 Å². The number of carbonyl (C=O) groups excluding carboxylic acids is 1. The zero-order valence-corrected chi connectivity index (χ0v) is 16.6. The number of ether oxygens (including phenoxy) is 1. The monoisotopic (exact) mass is 397 g/mol. The summed E-state index contributed by atoms with van der Waals surface area (Å²) in [6.45, 7) is 0.257. The lowest BCUT2D eigenvalue weighted by molar-refractivity contribution is -0.0888. The third kappa shape index (κ3) is 4.61. The minimum Gasteiger partial charge on any atom is -0.445 e. The van der Waals surface area contributed by atoms with E-state index >= 15 is 0 Å². The van der Waals surface area contributed by atoms with Crippen LogP contribution in [0.5, 0.6) is 0 Å². The first kappa shape index (κ1) is 19.9. The van der Waals surface area contributed by atoms with E-state index < -0.39 is 5.60 Å². The van der Waals surface area contributed by atoms with Gasteiger partial charge in [-0.15, -0.1) is 0 Å². The van der Waals surface area contributed by atoms with Crippen molar-refractivity contribution in [3.8, 4) is 0 Å². The van der Waals surface area contributed by atoms with Gasteiger partial charge in [-0.1, -0.05) is 48.5 Å². The first-order chi connectivity index (χ1) is 14.0. The summed E-state index contributed by atoms with van der Waals surface area (Å²) in [5, 5.41) is 11.2. The van der Waals surface area contributed by atoms with Crippen LogP contribution in [-0.2, 0) is 17.8 Å². The number of halogens is 1. The zero-order valence-electron chi connectivity index (χ0n) is 16.6. The molecule has 2 atom stereocenters. The second-order valence-corrected chi connectivity index (χ2v) is 8.41. The molecule has 0 spiro atoms. The molecule has 154 valence electrons. The molecule has 2 aromatic carbocycles. The molecule has 4 nitrogen and oxygen atoms in total. The highest BCUT2D eigenvalue weighted by molar-refractivity contribution is 5.69. The third-order valence-corrected chi connectivity index (χ3v) is 6.33. The summed E-state index contributed by atoms with van der Waals surface area (Å²) in [4.78, 5) is 14.6. The number of piperidine rings is 2. The fourth-order valence-electron chi connectivity index (χ4n) is 4.89. The van der Waals surface area contributed by atoms with E-state index in [-0.39, 0.29) is 30.6 Å². The van der Waals surface area contributed by atoms with Crippen molar-refractivity contribution in [1.82, 2.24) is 4.90 Å². The number of carbonyl (C=O) groups is 1. The van der Waals surface area contributed by atoms with E-state index in [1.54, 1.807) is 12.1 Å². The summed E-state index contributed by atoms with van der Waals surface area (Å²) in [6, 6.07) is 16.4. The lowest BCUT2D eigenvalue weighted by Crippen LogP contribution is -2.60. The van der Waals surface area contributed by atoms with Crippen LogP contribution in [0.25, 0.3) is 0 Å². The molecule has 29 heavy (non-hydrogen) atoms. The minimum atomic E-state index is -0.867. The fourth-order valence-corrected chi connectivity index (χ4v) is 4.89. The van der Waals surface area contributed by atoms with Crippen LogP contribution in [0, 0.1) is 5.82 Å². The van der Waals surface area contributed by atoms with E-state index in [1.165, 1.54) is 6.07 Å². The zero-order chi connectivity index (χ0) is 20.3. The van der Waals surface area contributed by atoms with Gasteiger partial charge in [0.2, 0.25) is 0 Å². The Labute approximate surface area is 171 Å². The molecule has 2 bridgehead atoms. The van der Waals surface area contributed by atoms with Crippen LogP contribution in [0.15, 0.2) is 54.6 Å². The van der Waals surface area contributed by atoms with Crippen molar-refractivity contribution in [1.29, 1.82) is 0 Å². The highest BCUT2D eigenvalue weighted by atomic mass is 19.1. The molecule has 2 aromatic rings. The van der Waals surface area contributed by atoms with E-state index in [0.29, 0.717) is 31.2 Å². The molecule has 2 aliphatic heterocycles. The molecule has 2 aliphatic rings. The molecule has 0 aliphatic carbocycles. The topological polar surface area (TPSA) is 49.8 Å². The van der Waals surface area contributed by atoms with Gasteiger partial charge in [-0.2, -0.15) is 0 Å². The first-order valence-corrected chi connectivity index (χ1v) is 10.5. The van der Waals surface area contributed by atoms with Crippen LogP contribution in [0.2, 0.25) is 0 Å². The minimum absolute atomic E-state index is 0.0172. The highest BCUT2D eigenvalue weighted by Gasteiger charge is 2.47. The molecular formula is C24H28FNO3. The SMILES string of the molecule is O=C(OCc1ccccc1)N1C2CCCC1CC(O)(CCc1ccccc1F)C2. The smallest absolute Gasteiger partial charge is 0.410 e. The lowest BCUT2D eigenvalue weighted by Gasteiger charge is -2.51. The molecular weight excluding hydrogens is 369 g/mol. The van der Waals surface area contributed by atoms with Gasteiger partial charge in [-0.3, -0.25) is 0 Å². The maximum Gasteiger partial charge on any atom is 0.410 e. The Morgan fingerprint density at radius 1 is 1.07 bits per heavy atom. The summed E-state index contributed by atoms with van der Waals surface area (Å²) in [6.07, 6.45) is 4.57. The number of rotatable bonds is 5. The van der Waals surface area contributed by atoms with Gasteiger partial charge in [-0.05, 0) is 62.1 Å². The van der Waals surface area contributed by atoms with Gasteiger partial charge >= 0.3 is 6.09 Å². The fraction of sp³-hybridized carbons (Fsp3) is 0.458. The summed E-state index contributed by atoms with van der Waals surface area (Å²) in [5.41, 5.74) is 0.731. The van der Waals surface area contributed by atoms with Crippen molar-refractivity contribution in [2.24, 2.45) is 0 Å². The van der Waals surface area contributed by atoms with E-state index in [1.807, 2.05) is 41.3 Å². The van der Waals surface area contributed by atoms with Gasteiger partial charge in [0.25, 0.3) is 0 Å². The number of hydrogen-bond donors (Lipinski definition) is 1. The van der Waals surface area contributed by atoms with Gasteiger partial charge in [0.15, 0.2) is 0 Å². The number of amides is 1. The molecule has 2 heterocycles. The van der Waals surface area contributed by atoms with Crippen LogP contribution in [0.4, 0.5) is 9.18 Å². The van der Waals surface area contributed by atoms with E-state index in [9.17, 15) is 14.3 Å². The van der Waals surface area contributed by atoms with Crippen LogP contribution in [-0.4, -0.2) is 33.8 Å². The Hall–Kier alpha value is -2.40. The van der Waals surface area contributed by atoms with Crippen LogP contribution in [0.3, 0.4) is 0 Å². The average Bonchev–Trinajstić information content (AvgIpc) is 2.72. The van der Waals surface area contributed by atoms with Gasteiger partial charge in [0, 0.05) is 12.1 Å².